The van der Waals surface area contributed by atoms with Crippen LogP contribution < -0.4 is 9.73 Å². The third-order valence-electron chi connectivity index (χ3n) is 4.59. The van der Waals surface area contributed by atoms with E-state index in [1.54, 1.807) is 12.1 Å². The van der Waals surface area contributed by atoms with Crippen molar-refractivity contribution in [1.29, 1.82) is 0 Å². The number of carbonyl (C=O) groups is 1. The molecular weight excluding hydrogens is 487 g/mol. The number of anilines is 1. The lowest BCUT2D eigenvalue weighted by Crippen LogP contribution is -2.39. The summed E-state index contributed by atoms with van der Waals surface area (Å²) in [5.41, 5.74) is 3.26. The summed E-state index contributed by atoms with van der Waals surface area (Å²) in [6, 6.07) is 14.4. The van der Waals surface area contributed by atoms with Gasteiger partial charge >= 0.3 is 0 Å². The minimum Gasteiger partial charge on any atom is -0.271 e. The third-order valence-corrected chi connectivity index (χ3v) is 6.73. The lowest BCUT2D eigenvalue weighted by molar-refractivity contribution is -0.384. The van der Waals surface area contributed by atoms with Gasteiger partial charge in [-0.2, -0.15) is 5.10 Å². The number of amides is 1. The number of nitrogens with zero attached hydrogens (tertiary/aromatic N) is 3. The summed E-state index contributed by atoms with van der Waals surface area (Å²) in [7, 11) is -4.22. The molecule has 0 aromatic heterocycles. The van der Waals surface area contributed by atoms with Gasteiger partial charge in [-0.25, -0.2) is 18.2 Å². The topological polar surface area (TPSA) is 122 Å². The van der Waals surface area contributed by atoms with Crippen molar-refractivity contribution in [2.45, 2.75) is 11.8 Å². The first-order valence-electron chi connectivity index (χ1n) is 9.69. The Morgan fingerprint density at radius 2 is 1.79 bits per heavy atom. The van der Waals surface area contributed by atoms with Crippen LogP contribution in [0.2, 0.25) is 5.02 Å². The van der Waals surface area contributed by atoms with Crippen molar-refractivity contribution < 1.29 is 22.5 Å². The van der Waals surface area contributed by atoms with E-state index in [9.17, 15) is 27.7 Å². The number of rotatable bonds is 8. The second kappa shape index (κ2) is 10.4. The molecule has 0 spiro atoms. The van der Waals surface area contributed by atoms with E-state index in [1.807, 2.05) is 6.92 Å². The first kappa shape index (κ1) is 24.8. The molecule has 3 aromatic rings. The summed E-state index contributed by atoms with van der Waals surface area (Å²) in [4.78, 5) is 22.7. The Kier molecular flexibility index (Phi) is 7.59. The van der Waals surface area contributed by atoms with E-state index in [4.69, 9.17) is 11.6 Å². The van der Waals surface area contributed by atoms with Crippen LogP contribution in [0.1, 0.15) is 11.1 Å². The second-order valence-corrected chi connectivity index (χ2v) is 9.33. The maximum atomic E-state index is 13.3. The van der Waals surface area contributed by atoms with Crippen molar-refractivity contribution in [3.8, 4) is 0 Å². The predicted octanol–water partition coefficient (Wildman–Crippen LogP) is 4.04. The van der Waals surface area contributed by atoms with Gasteiger partial charge < -0.3 is 0 Å². The first-order chi connectivity index (χ1) is 16.1. The van der Waals surface area contributed by atoms with Gasteiger partial charge in [-0.1, -0.05) is 29.3 Å². The number of benzene rings is 3. The molecule has 0 heterocycles. The molecule has 0 aliphatic carbocycles. The molecule has 176 valence electrons. The van der Waals surface area contributed by atoms with Gasteiger partial charge in [0, 0.05) is 22.7 Å². The maximum Gasteiger partial charge on any atom is 0.270 e. The molecule has 0 atom stereocenters. The molecule has 0 fully saturated rings. The lowest BCUT2D eigenvalue weighted by atomic mass is 10.2. The number of sulfonamides is 1. The van der Waals surface area contributed by atoms with Crippen molar-refractivity contribution in [2.24, 2.45) is 5.10 Å². The number of hydrogen-bond donors (Lipinski definition) is 1. The molecule has 0 unspecified atom stereocenters. The van der Waals surface area contributed by atoms with Gasteiger partial charge in [-0.05, 0) is 49.4 Å². The van der Waals surface area contributed by atoms with Gasteiger partial charge in [-0.3, -0.25) is 19.2 Å². The van der Waals surface area contributed by atoms with Crippen LogP contribution in [-0.4, -0.2) is 32.0 Å². The molecule has 1 N–H and O–H groups in total. The van der Waals surface area contributed by atoms with Gasteiger partial charge in [0.05, 0.1) is 21.7 Å². The molecule has 0 aliphatic heterocycles. The molecule has 0 bridgehead atoms. The van der Waals surface area contributed by atoms with Crippen LogP contribution in [0.3, 0.4) is 0 Å². The normalized spacial score (nSPS) is 11.4. The number of aryl methyl sites for hydroxylation is 1. The van der Waals surface area contributed by atoms with Gasteiger partial charge in [0.25, 0.3) is 21.6 Å². The molecule has 34 heavy (non-hydrogen) atoms. The molecular formula is C22H18ClFN4O5S. The summed E-state index contributed by atoms with van der Waals surface area (Å²) >= 11 is 5.99. The summed E-state index contributed by atoms with van der Waals surface area (Å²) < 4.78 is 40.6. The Morgan fingerprint density at radius 1 is 1.15 bits per heavy atom. The molecule has 9 nitrogen and oxygen atoms in total. The Morgan fingerprint density at radius 3 is 2.41 bits per heavy atom. The molecule has 3 rings (SSSR count). The molecule has 12 heteroatoms. The van der Waals surface area contributed by atoms with Crippen LogP contribution in [-0.2, 0) is 14.8 Å². The fraction of sp³-hybridized carbons (Fsp3) is 0.0909. The predicted molar refractivity (Wildman–Crippen MR) is 126 cm³/mol. The number of hydrogen-bond acceptors (Lipinski definition) is 6. The number of nitro benzene ring substituents is 1. The monoisotopic (exact) mass is 504 g/mol. The van der Waals surface area contributed by atoms with E-state index >= 15 is 0 Å². The van der Waals surface area contributed by atoms with Crippen LogP contribution >= 0.6 is 11.6 Å². The zero-order valence-corrected chi connectivity index (χ0v) is 19.3. The fourth-order valence-corrected chi connectivity index (χ4v) is 4.43. The number of hydrazone groups is 1. The average molecular weight is 505 g/mol. The lowest BCUT2D eigenvalue weighted by Gasteiger charge is -2.23. The Hall–Kier alpha value is -3.83. The van der Waals surface area contributed by atoms with E-state index in [1.165, 1.54) is 30.3 Å². The van der Waals surface area contributed by atoms with Crippen molar-refractivity contribution in [2.75, 3.05) is 10.8 Å². The quantitative estimate of drug-likeness (QED) is 0.282. The van der Waals surface area contributed by atoms with E-state index < -0.39 is 33.2 Å². The van der Waals surface area contributed by atoms with Crippen LogP contribution in [0, 0.1) is 22.9 Å². The Labute approximate surface area is 199 Å². The number of non-ortho nitro benzene ring substituents is 1. The Balaban J connectivity index is 1.84. The van der Waals surface area contributed by atoms with Crippen LogP contribution in [0.4, 0.5) is 15.8 Å². The fourth-order valence-electron chi connectivity index (χ4n) is 2.84. The SMILES string of the molecule is Cc1ccc(N(CC(=O)N/N=C\c2cc([N+](=O)[O-])ccc2Cl)S(=O)(=O)c2ccc(F)cc2)cc1. The van der Waals surface area contributed by atoms with Crippen molar-refractivity contribution in [3.05, 3.63) is 98.8 Å². The number of nitro groups is 1. The summed E-state index contributed by atoms with van der Waals surface area (Å²) in [5, 5.41) is 14.8. The molecule has 0 radical (unpaired) electrons. The van der Waals surface area contributed by atoms with Gasteiger partial charge in [0.2, 0.25) is 0 Å². The van der Waals surface area contributed by atoms with Crippen molar-refractivity contribution in [1.82, 2.24) is 5.43 Å². The standard InChI is InChI=1S/C22H18ClFN4O5S/c1-15-2-6-18(7-3-15)27(34(32,33)20-9-4-17(24)5-10-20)14-22(29)26-25-13-16-12-19(28(30)31)8-11-21(16)23/h2-13H,14H2,1H3,(H,26,29)/b25-13-. The zero-order valence-electron chi connectivity index (χ0n) is 17.7. The largest absolute Gasteiger partial charge is 0.271 e. The van der Waals surface area contributed by atoms with Crippen molar-refractivity contribution in [3.63, 3.8) is 0 Å². The minimum absolute atomic E-state index is 0.170. The average Bonchev–Trinajstić information content (AvgIpc) is 2.79. The van der Waals surface area contributed by atoms with Gasteiger partial charge in [-0.15, -0.1) is 0 Å². The summed E-state index contributed by atoms with van der Waals surface area (Å²) in [5.74, 6) is -1.39. The number of carbonyl (C=O) groups excluding carboxylic acids is 1. The second-order valence-electron chi connectivity index (χ2n) is 7.06. The van der Waals surface area contributed by atoms with E-state index in [2.05, 4.69) is 10.5 Å². The summed E-state index contributed by atoms with van der Waals surface area (Å²) in [6.07, 6.45) is 1.11. The van der Waals surface area contributed by atoms with Gasteiger partial charge in [0.15, 0.2) is 0 Å². The highest BCUT2D eigenvalue weighted by Crippen LogP contribution is 2.24. The number of halogens is 2. The first-order valence-corrected chi connectivity index (χ1v) is 11.5. The van der Waals surface area contributed by atoms with Crippen LogP contribution in [0.5, 0.6) is 0 Å². The molecule has 0 saturated carbocycles. The van der Waals surface area contributed by atoms with Crippen LogP contribution in [0.25, 0.3) is 0 Å². The number of nitrogens with one attached hydrogen (secondary N) is 1. The highest BCUT2D eigenvalue weighted by Gasteiger charge is 2.27. The van der Waals surface area contributed by atoms with Crippen molar-refractivity contribution >= 4 is 45.1 Å². The van der Waals surface area contributed by atoms with E-state index in [0.717, 1.165) is 40.3 Å². The zero-order chi connectivity index (χ0) is 24.9. The smallest absolute Gasteiger partial charge is 0.270 e. The third kappa shape index (κ3) is 5.94. The molecule has 1 amide bonds. The van der Waals surface area contributed by atoms with Crippen LogP contribution in [0.15, 0.2) is 76.7 Å². The highest BCUT2D eigenvalue weighted by molar-refractivity contribution is 7.92. The maximum absolute atomic E-state index is 13.3. The van der Waals surface area contributed by atoms with Gasteiger partial charge in [0.1, 0.15) is 12.4 Å². The summed E-state index contributed by atoms with van der Waals surface area (Å²) in [6.45, 7) is 1.19. The molecule has 0 aliphatic rings. The minimum atomic E-state index is -4.22. The van der Waals surface area contributed by atoms with E-state index in [0.29, 0.717) is 0 Å². The molecule has 3 aromatic carbocycles. The molecule has 0 saturated heterocycles. The Bertz CT molecular complexity index is 1350. The van der Waals surface area contributed by atoms with E-state index in [-0.39, 0.29) is 26.9 Å². The highest BCUT2D eigenvalue weighted by atomic mass is 35.5.